The highest BCUT2D eigenvalue weighted by atomic mass is 28.3. The minimum Gasteiger partial charge on any atom is -0.360 e. The Bertz CT molecular complexity index is 578. The number of Topliss-reactive ketones (excluding diaryl/α,β-unsaturated/α-hetero) is 1. The maximum absolute atomic E-state index is 11.3. The van der Waals surface area contributed by atoms with Gasteiger partial charge in [0.05, 0.1) is 5.52 Å². The molecule has 0 saturated heterocycles. The second kappa shape index (κ2) is 6.12. The molecule has 1 heterocycles. The lowest BCUT2D eigenvalue weighted by Crippen LogP contribution is -2.08. The highest BCUT2D eigenvalue weighted by Crippen LogP contribution is 2.15. The van der Waals surface area contributed by atoms with Crippen molar-refractivity contribution in [3.8, 4) is 0 Å². The number of ketones is 1. The van der Waals surface area contributed by atoms with E-state index in [4.69, 9.17) is 4.74 Å². The summed E-state index contributed by atoms with van der Waals surface area (Å²) in [6, 6.07) is 6.78. The summed E-state index contributed by atoms with van der Waals surface area (Å²) in [6.07, 6.45) is 1.95. The molecule has 0 aliphatic carbocycles. The molecule has 4 nitrogen and oxygen atoms in total. The second-order valence-corrected chi connectivity index (χ2v) is 8.58. The van der Waals surface area contributed by atoms with Gasteiger partial charge in [-0.05, 0) is 19.0 Å². The summed E-state index contributed by atoms with van der Waals surface area (Å²) in [5.41, 5.74) is 1.54. The normalized spacial score (nSPS) is 11.4. The zero-order valence-corrected chi connectivity index (χ0v) is 12.9. The standard InChI is InChI=1S/C14H20N2O2Si/c1-11(17)12-4-5-13-9-16(15-14(13)8-12)10-18-6-7-19(2)3/h4-5,8-9,19H,6-7,10H2,1-3H3. The van der Waals surface area contributed by atoms with Crippen molar-refractivity contribution in [3.63, 3.8) is 0 Å². The minimum atomic E-state index is -0.536. The number of ether oxygens (including phenoxy) is 1. The van der Waals surface area contributed by atoms with E-state index < -0.39 is 8.80 Å². The van der Waals surface area contributed by atoms with Crippen molar-refractivity contribution < 1.29 is 9.53 Å². The Morgan fingerprint density at radius 2 is 2.21 bits per heavy atom. The first-order chi connectivity index (χ1) is 9.06. The average Bonchev–Trinajstić information content (AvgIpc) is 2.75. The van der Waals surface area contributed by atoms with Crippen molar-refractivity contribution in [2.75, 3.05) is 6.61 Å². The molecule has 1 aromatic heterocycles. The van der Waals surface area contributed by atoms with Gasteiger partial charge in [0.1, 0.15) is 6.73 Å². The third-order valence-corrected chi connectivity index (χ3v) is 4.41. The Kier molecular flexibility index (Phi) is 4.50. The molecule has 0 aliphatic heterocycles. The molecule has 2 aromatic rings. The summed E-state index contributed by atoms with van der Waals surface area (Å²) in [4.78, 5) is 11.3. The molecule has 0 radical (unpaired) electrons. The van der Waals surface area contributed by atoms with Crippen LogP contribution in [0.2, 0.25) is 19.1 Å². The average molecular weight is 276 g/mol. The fourth-order valence-corrected chi connectivity index (χ4v) is 2.47. The van der Waals surface area contributed by atoms with Gasteiger partial charge in [0.15, 0.2) is 5.78 Å². The van der Waals surface area contributed by atoms with Crippen LogP contribution >= 0.6 is 0 Å². The maximum Gasteiger partial charge on any atom is 0.159 e. The van der Waals surface area contributed by atoms with E-state index in [0.29, 0.717) is 12.3 Å². The molecule has 0 unspecified atom stereocenters. The number of nitrogens with zero attached hydrogens (tertiary/aromatic N) is 2. The monoisotopic (exact) mass is 276 g/mol. The maximum atomic E-state index is 11.3. The third kappa shape index (κ3) is 3.75. The molecule has 0 bridgehead atoms. The molecule has 102 valence electrons. The largest absolute Gasteiger partial charge is 0.360 e. The smallest absolute Gasteiger partial charge is 0.159 e. The number of carbonyl (C=O) groups excluding carboxylic acids is 1. The summed E-state index contributed by atoms with van der Waals surface area (Å²) in [7, 11) is -0.536. The first-order valence-corrected chi connectivity index (χ1v) is 9.75. The van der Waals surface area contributed by atoms with Crippen LogP contribution in [0.4, 0.5) is 0 Å². The zero-order valence-electron chi connectivity index (χ0n) is 11.7. The molecule has 0 saturated carbocycles. The van der Waals surface area contributed by atoms with Crippen LogP contribution < -0.4 is 0 Å². The Balaban J connectivity index is 2.03. The summed E-state index contributed by atoms with van der Waals surface area (Å²) in [6.45, 7) is 7.48. The first-order valence-electron chi connectivity index (χ1n) is 6.62. The molecule has 0 atom stereocenters. The topological polar surface area (TPSA) is 44.1 Å². The zero-order chi connectivity index (χ0) is 13.8. The van der Waals surface area contributed by atoms with Crippen LogP contribution in [0.1, 0.15) is 17.3 Å². The Morgan fingerprint density at radius 1 is 1.42 bits per heavy atom. The Hall–Kier alpha value is -1.46. The highest BCUT2D eigenvalue weighted by molar-refractivity contribution is 6.55. The lowest BCUT2D eigenvalue weighted by Gasteiger charge is -2.05. The van der Waals surface area contributed by atoms with Crippen LogP contribution in [0, 0.1) is 0 Å². The van der Waals surface area contributed by atoms with Crippen molar-refractivity contribution in [3.05, 3.63) is 30.0 Å². The molecule has 0 amide bonds. The van der Waals surface area contributed by atoms with E-state index in [1.165, 1.54) is 6.04 Å². The number of aromatic nitrogens is 2. The van der Waals surface area contributed by atoms with E-state index in [1.54, 1.807) is 11.6 Å². The summed E-state index contributed by atoms with van der Waals surface area (Å²) in [5.74, 6) is 0.0644. The van der Waals surface area contributed by atoms with Crippen LogP contribution in [-0.4, -0.2) is 31.0 Å². The number of fused-ring (bicyclic) bond motifs is 1. The second-order valence-electron chi connectivity index (χ2n) is 5.22. The summed E-state index contributed by atoms with van der Waals surface area (Å²) < 4.78 is 7.39. The molecule has 19 heavy (non-hydrogen) atoms. The fourth-order valence-electron chi connectivity index (χ4n) is 1.83. The van der Waals surface area contributed by atoms with Gasteiger partial charge in [-0.1, -0.05) is 25.2 Å². The number of rotatable bonds is 6. The van der Waals surface area contributed by atoms with E-state index in [9.17, 15) is 4.79 Å². The van der Waals surface area contributed by atoms with Crippen LogP contribution in [0.3, 0.4) is 0 Å². The van der Waals surface area contributed by atoms with Gasteiger partial charge < -0.3 is 4.74 Å². The molecular formula is C14H20N2O2Si. The molecule has 5 heteroatoms. The molecule has 0 spiro atoms. The SMILES string of the molecule is CC(=O)c1ccc2cn(COCC[SiH](C)C)nc2c1. The molecule has 1 aromatic carbocycles. The van der Waals surface area contributed by atoms with Gasteiger partial charge in [-0.25, -0.2) is 4.68 Å². The van der Waals surface area contributed by atoms with Crippen molar-refractivity contribution in [1.82, 2.24) is 9.78 Å². The van der Waals surface area contributed by atoms with Gasteiger partial charge >= 0.3 is 0 Å². The van der Waals surface area contributed by atoms with Crippen LogP contribution in [0.25, 0.3) is 10.9 Å². The molecule has 0 fully saturated rings. The number of hydrogen-bond acceptors (Lipinski definition) is 3. The van der Waals surface area contributed by atoms with Gasteiger partial charge in [0, 0.05) is 32.6 Å². The van der Waals surface area contributed by atoms with Crippen LogP contribution in [0.15, 0.2) is 24.4 Å². The summed E-state index contributed by atoms with van der Waals surface area (Å²) in [5, 5.41) is 5.46. The van der Waals surface area contributed by atoms with E-state index >= 15 is 0 Å². The number of carbonyl (C=O) groups is 1. The van der Waals surface area contributed by atoms with Crippen molar-refractivity contribution in [1.29, 1.82) is 0 Å². The quantitative estimate of drug-likeness (QED) is 0.463. The van der Waals surface area contributed by atoms with Crippen LogP contribution in [0.5, 0.6) is 0 Å². The van der Waals surface area contributed by atoms with E-state index in [1.807, 2.05) is 24.4 Å². The minimum absolute atomic E-state index is 0.0644. The third-order valence-electron chi connectivity index (χ3n) is 3.02. The highest BCUT2D eigenvalue weighted by Gasteiger charge is 2.05. The molecular weight excluding hydrogens is 256 g/mol. The fraction of sp³-hybridized carbons (Fsp3) is 0.429. The molecule has 0 N–H and O–H groups in total. The van der Waals surface area contributed by atoms with Gasteiger partial charge in [0.2, 0.25) is 0 Å². The van der Waals surface area contributed by atoms with Crippen molar-refractivity contribution in [2.45, 2.75) is 32.8 Å². The lowest BCUT2D eigenvalue weighted by molar-refractivity contribution is 0.0794. The van der Waals surface area contributed by atoms with Gasteiger partial charge in [0.25, 0.3) is 0 Å². The molecule has 0 aliphatic rings. The van der Waals surface area contributed by atoms with Crippen LogP contribution in [-0.2, 0) is 11.5 Å². The van der Waals surface area contributed by atoms with E-state index in [0.717, 1.165) is 17.5 Å². The van der Waals surface area contributed by atoms with Crippen molar-refractivity contribution >= 4 is 25.5 Å². The van der Waals surface area contributed by atoms with Gasteiger partial charge in [-0.2, -0.15) is 5.10 Å². The van der Waals surface area contributed by atoms with E-state index in [-0.39, 0.29) is 5.78 Å². The molecule has 2 rings (SSSR count). The van der Waals surface area contributed by atoms with Crippen molar-refractivity contribution in [2.24, 2.45) is 0 Å². The predicted octanol–water partition coefficient (Wildman–Crippen LogP) is 2.70. The number of benzene rings is 1. The Labute approximate surface area is 115 Å². The predicted molar refractivity (Wildman–Crippen MR) is 79.4 cm³/mol. The number of hydrogen-bond donors (Lipinski definition) is 0. The van der Waals surface area contributed by atoms with E-state index in [2.05, 4.69) is 18.2 Å². The Morgan fingerprint density at radius 3 is 2.89 bits per heavy atom. The summed E-state index contributed by atoms with van der Waals surface area (Å²) >= 11 is 0. The first kappa shape index (κ1) is 14.0. The van der Waals surface area contributed by atoms with Gasteiger partial charge in [-0.3, -0.25) is 4.79 Å². The van der Waals surface area contributed by atoms with Gasteiger partial charge in [-0.15, -0.1) is 0 Å². The lowest BCUT2D eigenvalue weighted by atomic mass is 10.1.